The van der Waals surface area contributed by atoms with Crippen LogP contribution < -0.4 is 0 Å². The lowest BCUT2D eigenvalue weighted by molar-refractivity contribution is -0.139. The van der Waals surface area contributed by atoms with Crippen molar-refractivity contribution >= 4 is 15.7 Å². The number of fused-ring (bicyclic) bond motifs is 2. The average Bonchev–Trinajstić information content (AvgIpc) is 2.94. The number of amides is 1. The molecule has 3 aliphatic rings. The summed E-state index contributed by atoms with van der Waals surface area (Å²) in [5.41, 5.74) is 0. The van der Waals surface area contributed by atoms with E-state index in [1.54, 1.807) is 0 Å². The molecule has 1 aliphatic carbocycles. The molecule has 3 fully saturated rings. The maximum atomic E-state index is 12.6. The SMILES string of the molecule is CS(=O)(=O)C1CC2CCC(C1)N2C(=O)C1CCCC1. The Morgan fingerprint density at radius 2 is 1.53 bits per heavy atom. The van der Waals surface area contributed by atoms with Crippen LogP contribution in [0.15, 0.2) is 0 Å². The quantitative estimate of drug-likeness (QED) is 0.776. The molecule has 2 atom stereocenters. The number of hydrogen-bond acceptors (Lipinski definition) is 3. The zero-order valence-corrected chi connectivity index (χ0v) is 12.4. The van der Waals surface area contributed by atoms with E-state index < -0.39 is 9.84 Å². The van der Waals surface area contributed by atoms with Gasteiger partial charge in [0.05, 0.1) is 5.25 Å². The van der Waals surface area contributed by atoms with Crippen LogP contribution >= 0.6 is 0 Å². The minimum atomic E-state index is -2.96. The molecule has 0 spiro atoms. The molecule has 2 unspecified atom stereocenters. The first-order valence-corrected chi connectivity index (χ1v) is 9.43. The van der Waals surface area contributed by atoms with E-state index in [2.05, 4.69) is 4.90 Å². The Hall–Kier alpha value is -0.580. The minimum Gasteiger partial charge on any atom is -0.336 e. The maximum absolute atomic E-state index is 12.6. The van der Waals surface area contributed by atoms with E-state index in [-0.39, 0.29) is 23.3 Å². The van der Waals surface area contributed by atoms with E-state index in [4.69, 9.17) is 0 Å². The number of rotatable bonds is 2. The summed E-state index contributed by atoms with van der Waals surface area (Å²) < 4.78 is 23.5. The van der Waals surface area contributed by atoms with E-state index in [0.29, 0.717) is 18.7 Å². The summed E-state index contributed by atoms with van der Waals surface area (Å²) in [5.74, 6) is 0.537. The summed E-state index contributed by atoms with van der Waals surface area (Å²) in [6.45, 7) is 0. The first kappa shape index (κ1) is 13.4. The summed E-state index contributed by atoms with van der Waals surface area (Å²) in [5, 5.41) is -0.224. The van der Waals surface area contributed by atoms with Crippen LogP contribution in [-0.4, -0.2) is 42.8 Å². The molecular weight excluding hydrogens is 262 g/mol. The molecule has 0 aromatic carbocycles. The van der Waals surface area contributed by atoms with Gasteiger partial charge in [0.25, 0.3) is 0 Å². The Kier molecular flexibility index (Phi) is 3.36. The number of sulfone groups is 1. The molecule has 4 nitrogen and oxygen atoms in total. The summed E-state index contributed by atoms with van der Waals surface area (Å²) >= 11 is 0. The molecule has 0 aromatic rings. The van der Waals surface area contributed by atoms with Crippen molar-refractivity contribution in [3.63, 3.8) is 0 Å². The number of piperidine rings is 1. The molecule has 0 N–H and O–H groups in total. The zero-order valence-electron chi connectivity index (χ0n) is 11.5. The third-order valence-corrected chi connectivity index (χ3v) is 6.85. The van der Waals surface area contributed by atoms with Crippen molar-refractivity contribution in [3.05, 3.63) is 0 Å². The molecule has 5 heteroatoms. The summed E-state index contributed by atoms with van der Waals surface area (Å²) in [6.07, 6.45) is 9.06. The molecule has 0 radical (unpaired) electrons. The number of hydrogen-bond donors (Lipinski definition) is 0. The Labute approximate surface area is 115 Å². The van der Waals surface area contributed by atoms with Gasteiger partial charge < -0.3 is 4.90 Å². The molecule has 2 saturated heterocycles. The van der Waals surface area contributed by atoms with Crippen LogP contribution in [0.1, 0.15) is 51.4 Å². The second-order valence-electron chi connectivity index (χ2n) is 6.53. The lowest BCUT2D eigenvalue weighted by Crippen LogP contribution is -2.51. The monoisotopic (exact) mass is 285 g/mol. The molecule has 0 aromatic heterocycles. The fourth-order valence-corrected chi connectivity index (χ4v) is 5.36. The largest absolute Gasteiger partial charge is 0.336 e. The molecular formula is C14H23NO3S. The third-order valence-electron chi connectivity index (χ3n) is 5.25. The Morgan fingerprint density at radius 1 is 1.00 bits per heavy atom. The minimum absolute atomic E-state index is 0.187. The van der Waals surface area contributed by atoms with Gasteiger partial charge in [0.15, 0.2) is 0 Å². The maximum Gasteiger partial charge on any atom is 0.226 e. The second-order valence-corrected chi connectivity index (χ2v) is 8.86. The van der Waals surface area contributed by atoms with Crippen molar-refractivity contribution in [1.29, 1.82) is 0 Å². The van der Waals surface area contributed by atoms with Gasteiger partial charge in [-0.2, -0.15) is 0 Å². The van der Waals surface area contributed by atoms with Crippen molar-refractivity contribution in [3.8, 4) is 0 Å². The Bertz CT molecular complexity index is 453. The molecule has 2 heterocycles. The summed E-state index contributed by atoms with van der Waals surface area (Å²) in [6, 6.07) is 0.373. The highest BCUT2D eigenvalue weighted by Crippen LogP contribution is 2.40. The second kappa shape index (κ2) is 4.76. The van der Waals surface area contributed by atoms with Crippen LogP contribution in [0.5, 0.6) is 0 Å². The molecule has 1 amide bonds. The van der Waals surface area contributed by atoms with Crippen LogP contribution in [0, 0.1) is 5.92 Å². The van der Waals surface area contributed by atoms with Crippen molar-refractivity contribution in [1.82, 2.24) is 4.90 Å². The van der Waals surface area contributed by atoms with Crippen LogP contribution in [0.25, 0.3) is 0 Å². The first-order valence-electron chi connectivity index (χ1n) is 7.48. The zero-order chi connectivity index (χ0) is 13.6. The van der Waals surface area contributed by atoms with Gasteiger partial charge >= 0.3 is 0 Å². The van der Waals surface area contributed by atoms with Gasteiger partial charge in [-0.05, 0) is 38.5 Å². The lowest BCUT2D eigenvalue weighted by Gasteiger charge is -2.39. The highest BCUT2D eigenvalue weighted by atomic mass is 32.2. The molecule has 2 aliphatic heterocycles. The molecule has 108 valence electrons. The van der Waals surface area contributed by atoms with E-state index in [1.165, 1.54) is 19.1 Å². The van der Waals surface area contributed by atoms with E-state index in [1.807, 2.05) is 0 Å². The fourth-order valence-electron chi connectivity index (χ4n) is 4.22. The molecule has 19 heavy (non-hydrogen) atoms. The molecule has 2 bridgehead atoms. The topological polar surface area (TPSA) is 54.5 Å². The van der Waals surface area contributed by atoms with Crippen LogP contribution in [0.2, 0.25) is 0 Å². The average molecular weight is 285 g/mol. The van der Waals surface area contributed by atoms with Crippen molar-refractivity contribution < 1.29 is 13.2 Å². The number of nitrogens with zero attached hydrogens (tertiary/aromatic N) is 1. The highest BCUT2D eigenvalue weighted by Gasteiger charge is 2.47. The van der Waals surface area contributed by atoms with E-state index >= 15 is 0 Å². The van der Waals surface area contributed by atoms with Gasteiger partial charge in [-0.3, -0.25) is 4.79 Å². The molecule has 3 rings (SSSR count). The number of carbonyl (C=O) groups is 1. The van der Waals surface area contributed by atoms with Crippen LogP contribution in [-0.2, 0) is 14.6 Å². The summed E-state index contributed by atoms with van der Waals surface area (Å²) in [7, 11) is -2.96. The van der Waals surface area contributed by atoms with Gasteiger partial charge in [0, 0.05) is 24.3 Å². The van der Waals surface area contributed by atoms with Crippen molar-refractivity contribution in [2.45, 2.75) is 68.7 Å². The normalized spacial score (nSPS) is 35.8. The van der Waals surface area contributed by atoms with Gasteiger partial charge in [-0.25, -0.2) is 8.42 Å². The van der Waals surface area contributed by atoms with Gasteiger partial charge in [0.2, 0.25) is 5.91 Å². The molecule has 1 saturated carbocycles. The Morgan fingerprint density at radius 3 is 2.00 bits per heavy atom. The predicted molar refractivity (Wildman–Crippen MR) is 73.5 cm³/mol. The van der Waals surface area contributed by atoms with Crippen LogP contribution in [0.4, 0.5) is 0 Å². The standard InChI is InChI=1S/C14H23NO3S/c1-19(17,18)13-8-11-6-7-12(9-13)15(11)14(16)10-4-2-3-5-10/h10-13H,2-9H2,1H3. The Balaban J connectivity index is 1.74. The summed E-state index contributed by atoms with van der Waals surface area (Å²) in [4.78, 5) is 14.7. The van der Waals surface area contributed by atoms with Gasteiger partial charge in [-0.15, -0.1) is 0 Å². The van der Waals surface area contributed by atoms with Crippen LogP contribution in [0.3, 0.4) is 0 Å². The highest BCUT2D eigenvalue weighted by molar-refractivity contribution is 7.91. The van der Waals surface area contributed by atoms with E-state index in [0.717, 1.165) is 25.7 Å². The number of carbonyl (C=O) groups excluding carboxylic acids is 1. The first-order chi connectivity index (χ1) is 8.97. The third kappa shape index (κ3) is 2.41. The van der Waals surface area contributed by atoms with Gasteiger partial charge in [-0.1, -0.05) is 12.8 Å². The smallest absolute Gasteiger partial charge is 0.226 e. The predicted octanol–water partition coefficient (Wildman–Crippen LogP) is 1.74. The van der Waals surface area contributed by atoms with E-state index in [9.17, 15) is 13.2 Å². The fraction of sp³-hybridized carbons (Fsp3) is 0.929. The van der Waals surface area contributed by atoms with Gasteiger partial charge in [0.1, 0.15) is 9.84 Å². The van der Waals surface area contributed by atoms with Crippen molar-refractivity contribution in [2.75, 3.05) is 6.26 Å². The van der Waals surface area contributed by atoms with Crippen molar-refractivity contribution in [2.24, 2.45) is 5.92 Å². The lowest BCUT2D eigenvalue weighted by atomic mass is 9.98.